The van der Waals surface area contributed by atoms with Gasteiger partial charge in [-0.15, -0.1) is 0 Å². The Bertz CT molecular complexity index is 1330. The predicted octanol–water partition coefficient (Wildman–Crippen LogP) is 1.91. The second kappa shape index (κ2) is 8.76. The number of H-pyrrole nitrogens is 1. The van der Waals surface area contributed by atoms with Crippen molar-refractivity contribution in [1.29, 1.82) is 0 Å². The maximum Gasteiger partial charge on any atom is 0.323 e. The summed E-state index contributed by atoms with van der Waals surface area (Å²) in [6.45, 7) is 3.60. The summed E-state index contributed by atoms with van der Waals surface area (Å²) < 4.78 is 4.62. The number of aromatic amines is 1. The molecule has 3 rings (SSSR count). The van der Waals surface area contributed by atoms with Crippen molar-refractivity contribution < 1.29 is 24.0 Å². The van der Waals surface area contributed by atoms with E-state index in [1.165, 1.54) is 6.07 Å². The van der Waals surface area contributed by atoms with Crippen LogP contribution in [-0.2, 0) is 19.1 Å². The number of carbonyl (C=O) groups is 3. The minimum atomic E-state index is -1.92. The fourth-order valence-electron chi connectivity index (χ4n) is 3.13. The Balaban J connectivity index is 2.02. The van der Waals surface area contributed by atoms with Crippen molar-refractivity contribution in [2.24, 2.45) is 0 Å². The van der Waals surface area contributed by atoms with Crippen LogP contribution in [0.1, 0.15) is 22.7 Å². The maximum absolute atomic E-state index is 12.9. The number of nitrogens with zero attached hydrogens (tertiary/aromatic N) is 2. The van der Waals surface area contributed by atoms with Crippen LogP contribution in [0.2, 0.25) is 0 Å². The number of amides is 1. The average molecular weight is 438 g/mol. The standard InChI is InChI=1S/C21H18N4O7/c1-10-4-6-13(11(2)8-10)23-20(28)18(26)16(21(29)32-3)17-19(27)24-15-9-12(25(30)31)5-7-14(15)22-17/h4-9,16H,1-3H3,(H,23,28)(H,24,27)/t16-/m0/s1. The Morgan fingerprint density at radius 3 is 2.50 bits per heavy atom. The highest BCUT2D eigenvalue weighted by Crippen LogP contribution is 2.21. The summed E-state index contributed by atoms with van der Waals surface area (Å²) in [6.07, 6.45) is 0. The number of esters is 1. The summed E-state index contributed by atoms with van der Waals surface area (Å²) >= 11 is 0. The number of rotatable bonds is 6. The highest BCUT2D eigenvalue weighted by atomic mass is 16.6. The average Bonchev–Trinajstić information content (AvgIpc) is 2.75. The number of aromatic nitrogens is 2. The van der Waals surface area contributed by atoms with E-state index in [1.807, 2.05) is 6.92 Å². The number of non-ortho nitro benzene ring substituents is 1. The first-order valence-electron chi connectivity index (χ1n) is 9.31. The zero-order chi connectivity index (χ0) is 23.6. The van der Waals surface area contributed by atoms with Gasteiger partial charge in [0.05, 0.1) is 23.1 Å². The van der Waals surface area contributed by atoms with Gasteiger partial charge in [-0.3, -0.25) is 29.3 Å². The van der Waals surface area contributed by atoms with Gasteiger partial charge >= 0.3 is 5.97 Å². The molecule has 0 fully saturated rings. The molecule has 3 aromatic rings. The van der Waals surface area contributed by atoms with Gasteiger partial charge in [0.25, 0.3) is 17.2 Å². The lowest BCUT2D eigenvalue weighted by molar-refractivity contribution is -0.384. The first-order valence-corrected chi connectivity index (χ1v) is 9.31. The Morgan fingerprint density at radius 2 is 1.88 bits per heavy atom. The fourth-order valence-corrected chi connectivity index (χ4v) is 3.13. The Kier molecular flexibility index (Phi) is 6.10. The number of fused-ring (bicyclic) bond motifs is 1. The number of hydrogen-bond donors (Lipinski definition) is 2. The number of Topliss-reactive ketones (excluding diaryl/α,β-unsaturated/α-hetero) is 1. The van der Waals surface area contributed by atoms with Crippen LogP contribution in [0.3, 0.4) is 0 Å². The molecule has 164 valence electrons. The molecule has 2 aromatic carbocycles. The largest absolute Gasteiger partial charge is 0.468 e. The number of benzene rings is 2. The Hall–Kier alpha value is -4.41. The minimum Gasteiger partial charge on any atom is -0.468 e. The quantitative estimate of drug-likeness (QED) is 0.194. The normalized spacial score (nSPS) is 11.6. The number of methoxy groups -OCH3 is 1. The summed E-state index contributed by atoms with van der Waals surface area (Å²) in [5, 5.41) is 13.4. The van der Waals surface area contributed by atoms with Gasteiger partial charge in [0, 0.05) is 17.8 Å². The molecule has 1 atom stereocenters. The van der Waals surface area contributed by atoms with Gasteiger partial charge in [-0.25, -0.2) is 4.98 Å². The maximum atomic E-state index is 12.9. The van der Waals surface area contributed by atoms with Crippen molar-refractivity contribution in [3.05, 3.63) is 73.7 Å². The van der Waals surface area contributed by atoms with Gasteiger partial charge in [-0.1, -0.05) is 17.7 Å². The number of aryl methyl sites for hydroxylation is 2. The van der Waals surface area contributed by atoms with Gasteiger partial charge in [-0.2, -0.15) is 0 Å². The van der Waals surface area contributed by atoms with Crippen molar-refractivity contribution in [3.8, 4) is 0 Å². The number of ether oxygens (including phenoxy) is 1. The molecule has 0 spiro atoms. The molecule has 1 heterocycles. The molecule has 11 nitrogen and oxygen atoms in total. The molecule has 0 saturated heterocycles. The molecule has 0 saturated carbocycles. The molecule has 32 heavy (non-hydrogen) atoms. The second-order valence-corrected chi connectivity index (χ2v) is 7.00. The van der Waals surface area contributed by atoms with Crippen molar-refractivity contribution in [2.75, 3.05) is 12.4 Å². The van der Waals surface area contributed by atoms with E-state index in [0.717, 1.165) is 24.8 Å². The molecule has 0 aliphatic heterocycles. The van der Waals surface area contributed by atoms with E-state index in [0.29, 0.717) is 11.3 Å². The van der Waals surface area contributed by atoms with Crippen LogP contribution in [0, 0.1) is 24.0 Å². The first kappa shape index (κ1) is 22.3. The molecule has 11 heteroatoms. The van der Waals surface area contributed by atoms with Crippen LogP contribution < -0.4 is 10.9 Å². The Labute approximate surface area is 180 Å². The third-order valence-corrected chi connectivity index (χ3v) is 4.74. The van der Waals surface area contributed by atoms with Gasteiger partial charge in [0.1, 0.15) is 5.69 Å². The SMILES string of the molecule is COC(=O)[C@H](C(=O)C(=O)Nc1ccc(C)cc1C)c1nc2ccc([N+](=O)[O-])cc2[nH]c1=O. The van der Waals surface area contributed by atoms with Gasteiger partial charge in [-0.05, 0) is 31.5 Å². The summed E-state index contributed by atoms with van der Waals surface area (Å²) in [5.41, 5.74) is 0.335. The number of carbonyl (C=O) groups excluding carboxylic acids is 3. The van der Waals surface area contributed by atoms with Gasteiger partial charge in [0.2, 0.25) is 5.78 Å². The smallest absolute Gasteiger partial charge is 0.323 e. The fraction of sp³-hybridized carbons (Fsp3) is 0.190. The van der Waals surface area contributed by atoms with Crippen LogP contribution in [0.5, 0.6) is 0 Å². The molecule has 1 aromatic heterocycles. The van der Waals surface area contributed by atoms with Crippen LogP contribution >= 0.6 is 0 Å². The zero-order valence-corrected chi connectivity index (χ0v) is 17.3. The lowest BCUT2D eigenvalue weighted by Crippen LogP contribution is -2.37. The third kappa shape index (κ3) is 4.36. The molecular formula is C21H18N4O7. The minimum absolute atomic E-state index is 0.0312. The van der Waals surface area contributed by atoms with Gasteiger partial charge in [0.15, 0.2) is 5.92 Å². The number of anilines is 1. The highest BCUT2D eigenvalue weighted by molar-refractivity contribution is 6.45. The van der Waals surface area contributed by atoms with Crippen LogP contribution in [0.25, 0.3) is 11.0 Å². The zero-order valence-electron chi connectivity index (χ0n) is 17.3. The number of nitro groups is 1. The second-order valence-electron chi connectivity index (χ2n) is 7.00. The number of ketones is 1. The van der Waals surface area contributed by atoms with Crippen molar-refractivity contribution in [2.45, 2.75) is 19.8 Å². The molecule has 0 unspecified atom stereocenters. The van der Waals surface area contributed by atoms with E-state index in [2.05, 4.69) is 20.0 Å². The van der Waals surface area contributed by atoms with E-state index in [-0.39, 0.29) is 16.7 Å². The van der Waals surface area contributed by atoms with Crippen LogP contribution in [0.4, 0.5) is 11.4 Å². The Morgan fingerprint density at radius 1 is 1.16 bits per heavy atom. The number of hydrogen-bond acceptors (Lipinski definition) is 8. The third-order valence-electron chi connectivity index (χ3n) is 4.74. The topological polar surface area (TPSA) is 161 Å². The summed E-state index contributed by atoms with van der Waals surface area (Å²) in [5.74, 6) is -5.44. The molecule has 0 radical (unpaired) electrons. The molecule has 0 aliphatic carbocycles. The number of nitro benzene ring substituents is 1. The molecule has 0 aliphatic rings. The summed E-state index contributed by atoms with van der Waals surface area (Å²) in [7, 11) is 1.00. The van der Waals surface area contributed by atoms with Crippen LogP contribution in [-0.4, -0.2) is 39.7 Å². The van der Waals surface area contributed by atoms with Crippen LogP contribution in [0.15, 0.2) is 41.2 Å². The van der Waals surface area contributed by atoms with E-state index in [9.17, 15) is 29.3 Å². The van der Waals surface area contributed by atoms with Crippen molar-refractivity contribution in [1.82, 2.24) is 9.97 Å². The predicted molar refractivity (Wildman–Crippen MR) is 113 cm³/mol. The summed E-state index contributed by atoms with van der Waals surface area (Å²) in [4.78, 5) is 67.0. The first-order chi connectivity index (χ1) is 15.1. The van der Waals surface area contributed by atoms with Gasteiger partial charge < -0.3 is 15.0 Å². The number of nitrogens with one attached hydrogen (secondary N) is 2. The lowest BCUT2D eigenvalue weighted by Gasteiger charge is -2.14. The molecule has 0 bridgehead atoms. The van der Waals surface area contributed by atoms with E-state index < -0.39 is 39.8 Å². The van der Waals surface area contributed by atoms with E-state index in [1.54, 1.807) is 25.1 Å². The lowest BCUT2D eigenvalue weighted by atomic mass is 9.99. The molecule has 2 N–H and O–H groups in total. The van der Waals surface area contributed by atoms with Crippen molar-refractivity contribution in [3.63, 3.8) is 0 Å². The summed E-state index contributed by atoms with van der Waals surface area (Å²) in [6, 6.07) is 8.64. The van der Waals surface area contributed by atoms with Crippen molar-refractivity contribution >= 4 is 40.1 Å². The molecule has 1 amide bonds. The van der Waals surface area contributed by atoms with E-state index in [4.69, 9.17) is 0 Å². The van der Waals surface area contributed by atoms with E-state index >= 15 is 0 Å². The molecular weight excluding hydrogens is 420 g/mol. The highest BCUT2D eigenvalue weighted by Gasteiger charge is 2.38. The monoisotopic (exact) mass is 438 g/mol.